The van der Waals surface area contributed by atoms with E-state index in [1.54, 1.807) is 0 Å². The van der Waals surface area contributed by atoms with E-state index < -0.39 is 0 Å². The Morgan fingerprint density at radius 2 is 2.11 bits per heavy atom. The number of nitrogens with zero attached hydrogens (tertiary/aromatic N) is 2. The maximum Gasteiger partial charge on any atom is 0.240 e. The summed E-state index contributed by atoms with van der Waals surface area (Å²) in [5.74, 6) is 1.99. The molecule has 0 bridgehead atoms. The minimum Gasteiger partial charge on any atom is -0.338 e. The standard InChI is InChI=1S/C13H14ClN3O.ClH/c14-11-4-2-1-3-10(11)13-16-12(18-17-13)8-15-7-9-5-6-9;/h1-4,9,15H,5-8H2;1H. The van der Waals surface area contributed by atoms with E-state index in [1.807, 2.05) is 24.3 Å². The van der Waals surface area contributed by atoms with Crippen molar-refractivity contribution in [1.82, 2.24) is 15.5 Å². The van der Waals surface area contributed by atoms with Crippen LogP contribution in [0.2, 0.25) is 5.02 Å². The van der Waals surface area contributed by atoms with Crippen molar-refractivity contribution in [3.8, 4) is 11.4 Å². The van der Waals surface area contributed by atoms with Crippen LogP contribution < -0.4 is 5.32 Å². The third-order valence-electron chi connectivity index (χ3n) is 2.99. The van der Waals surface area contributed by atoms with E-state index in [1.165, 1.54) is 12.8 Å². The fraction of sp³-hybridized carbons (Fsp3) is 0.385. The largest absolute Gasteiger partial charge is 0.338 e. The molecule has 0 aliphatic heterocycles. The van der Waals surface area contributed by atoms with E-state index >= 15 is 0 Å². The second-order valence-electron chi connectivity index (χ2n) is 4.57. The van der Waals surface area contributed by atoms with Gasteiger partial charge in [0, 0.05) is 5.56 Å². The second kappa shape index (κ2) is 6.37. The lowest BCUT2D eigenvalue weighted by Crippen LogP contribution is -2.16. The lowest BCUT2D eigenvalue weighted by atomic mass is 10.2. The van der Waals surface area contributed by atoms with Crippen LogP contribution in [0, 0.1) is 5.92 Å². The maximum absolute atomic E-state index is 6.08. The van der Waals surface area contributed by atoms with Crippen molar-refractivity contribution in [3.05, 3.63) is 35.2 Å². The molecule has 4 nitrogen and oxygen atoms in total. The van der Waals surface area contributed by atoms with E-state index in [-0.39, 0.29) is 12.4 Å². The van der Waals surface area contributed by atoms with Crippen LogP contribution in [0.25, 0.3) is 11.4 Å². The average Bonchev–Trinajstić information content (AvgIpc) is 3.08. The molecule has 1 aromatic heterocycles. The summed E-state index contributed by atoms with van der Waals surface area (Å²) in [6.45, 7) is 1.65. The van der Waals surface area contributed by atoms with Gasteiger partial charge in [0.1, 0.15) is 0 Å². The van der Waals surface area contributed by atoms with Crippen molar-refractivity contribution in [2.24, 2.45) is 5.92 Å². The summed E-state index contributed by atoms with van der Waals surface area (Å²) in [7, 11) is 0. The van der Waals surface area contributed by atoms with Crippen molar-refractivity contribution in [2.45, 2.75) is 19.4 Å². The zero-order valence-electron chi connectivity index (χ0n) is 10.3. The molecule has 1 N–H and O–H groups in total. The minimum atomic E-state index is 0. The number of hydrogen-bond donors (Lipinski definition) is 1. The van der Waals surface area contributed by atoms with Gasteiger partial charge in [0.15, 0.2) is 0 Å². The predicted octanol–water partition coefficient (Wildman–Crippen LogP) is 3.31. The first-order valence-corrected chi connectivity index (χ1v) is 6.49. The highest BCUT2D eigenvalue weighted by molar-refractivity contribution is 6.33. The van der Waals surface area contributed by atoms with Crippen molar-refractivity contribution in [1.29, 1.82) is 0 Å². The molecular weight excluding hydrogens is 285 g/mol. The molecule has 1 aliphatic carbocycles. The Kier molecular flexibility index (Phi) is 4.80. The smallest absolute Gasteiger partial charge is 0.240 e. The Labute approximate surface area is 122 Å². The fourth-order valence-corrected chi connectivity index (χ4v) is 2.00. The lowest BCUT2D eigenvalue weighted by Gasteiger charge is -1.97. The van der Waals surface area contributed by atoms with E-state index in [2.05, 4.69) is 15.5 Å². The molecule has 3 rings (SSSR count). The summed E-state index contributed by atoms with van der Waals surface area (Å²) in [6.07, 6.45) is 2.67. The molecule has 0 atom stereocenters. The van der Waals surface area contributed by atoms with E-state index in [4.69, 9.17) is 16.1 Å². The van der Waals surface area contributed by atoms with E-state index in [9.17, 15) is 0 Å². The fourth-order valence-electron chi connectivity index (χ4n) is 1.78. The summed E-state index contributed by atoms with van der Waals surface area (Å²) in [5, 5.41) is 7.90. The molecule has 102 valence electrons. The Bertz CT molecular complexity index is 540. The van der Waals surface area contributed by atoms with E-state index in [0.29, 0.717) is 23.3 Å². The van der Waals surface area contributed by atoms with Gasteiger partial charge < -0.3 is 9.84 Å². The van der Waals surface area contributed by atoms with Gasteiger partial charge in [0.2, 0.25) is 11.7 Å². The molecule has 1 aliphatic rings. The molecule has 0 spiro atoms. The zero-order chi connectivity index (χ0) is 12.4. The van der Waals surface area contributed by atoms with Crippen molar-refractivity contribution in [3.63, 3.8) is 0 Å². The molecule has 0 unspecified atom stereocenters. The summed E-state index contributed by atoms with van der Waals surface area (Å²) >= 11 is 6.08. The van der Waals surface area contributed by atoms with Gasteiger partial charge in [0.05, 0.1) is 11.6 Å². The number of halogens is 2. The Hall–Kier alpha value is -1.10. The molecule has 0 saturated heterocycles. The van der Waals surface area contributed by atoms with Crippen molar-refractivity contribution >= 4 is 24.0 Å². The highest BCUT2D eigenvalue weighted by Crippen LogP contribution is 2.28. The molecule has 0 radical (unpaired) electrons. The quantitative estimate of drug-likeness (QED) is 0.920. The molecule has 1 fully saturated rings. The monoisotopic (exact) mass is 299 g/mol. The first-order chi connectivity index (χ1) is 8.83. The average molecular weight is 300 g/mol. The van der Waals surface area contributed by atoms with Gasteiger partial charge in [-0.2, -0.15) is 4.98 Å². The van der Waals surface area contributed by atoms with Crippen LogP contribution in [-0.4, -0.2) is 16.7 Å². The van der Waals surface area contributed by atoms with Crippen LogP contribution in [0.5, 0.6) is 0 Å². The SMILES string of the molecule is Cl.Clc1ccccc1-c1noc(CNCC2CC2)n1. The van der Waals surface area contributed by atoms with Gasteiger partial charge in [-0.1, -0.05) is 28.9 Å². The highest BCUT2D eigenvalue weighted by atomic mass is 35.5. The van der Waals surface area contributed by atoms with Gasteiger partial charge in [0.25, 0.3) is 0 Å². The first-order valence-electron chi connectivity index (χ1n) is 6.11. The molecule has 2 aromatic rings. The third kappa shape index (κ3) is 3.69. The van der Waals surface area contributed by atoms with Gasteiger partial charge in [-0.05, 0) is 37.4 Å². The van der Waals surface area contributed by atoms with Crippen molar-refractivity contribution in [2.75, 3.05) is 6.54 Å². The summed E-state index contributed by atoms with van der Waals surface area (Å²) in [6, 6.07) is 7.49. The molecule has 19 heavy (non-hydrogen) atoms. The highest BCUT2D eigenvalue weighted by Gasteiger charge is 2.20. The Morgan fingerprint density at radius 1 is 1.32 bits per heavy atom. The third-order valence-corrected chi connectivity index (χ3v) is 3.32. The van der Waals surface area contributed by atoms with Crippen LogP contribution in [0.3, 0.4) is 0 Å². The van der Waals surface area contributed by atoms with Gasteiger partial charge in [-0.3, -0.25) is 0 Å². The second-order valence-corrected chi connectivity index (χ2v) is 4.97. The van der Waals surface area contributed by atoms with Crippen LogP contribution in [0.15, 0.2) is 28.8 Å². The zero-order valence-corrected chi connectivity index (χ0v) is 11.9. The first kappa shape index (κ1) is 14.3. The normalized spacial score (nSPS) is 14.2. The van der Waals surface area contributed by atoms with Gasteiger partial charge in [-0.15, -0.1) is 12.4 Å². The van der Waals surface area contributed by atoms with Crippen LogP contribution in [0.4, 0.5) is 0 Å². The Morgan fingerprint density at radius 3 is 2.84 bits per heavy atom. The maximum atomic E-state index is 6.08. The molecule has 1 aromatic carbocycles. The Balaban J connectivity index is 0.00000133. The molecule has 6 heteroatoms. The number of aromatic nitrogens is 2. The van der Waals surface area contributed by atoms with Crippen LogP contribution in [-0.2, 0) is 6.54 Å². The molecule has 1 heterocycles. The lowest BCUT2D eigenvalue weighted by molar-refractivity contribution is 0.367. The number of rotatable bonds is 5. The minimum absolute atomic E-state index is 0. The number of nitrogens with one attached hydrogen (secondary N) is 1. The van der Waals surface area contributed by atoms with Crippen molar-refractivity contribution < 1.29 is 4.52 Å². The van der Waals surface area contributed by atoms with Gasteiger partial charge in [-0.25, -0.2) is 0 Å². The topological polar surface area (TPSA) is 51.0 Å². The molecule has 1 saturated carbocycles. The number of hydrogen-bond acceptors (Lipinski definition) is 4. The molecule has 0 amide bonds. The summed E-state index contributed by atoms with van der Waals surface area (Å²) in [5.41, 5.74) is 0.802. The number of benzene rings is 1. The summed E-state index contributed by atoms with van der Waals surface area (Å²) in [4.78, 5) is 4.33. The molecular formula is C13H15Cl2N3O. The van der Waals surface area contributed by atoms with Crippen LogP contribution in [0.1, 0.15) is 18.7 Å². The van der Waals surface area contributed by atoms with Gasteiger partial charge >= 0.3 is 0 Å². The summed E-state index contributed by atoms with van der Waals surface area (Å²) < 4.78 is 5.19. The predicted molar refractivity (Wildman–Crippen MR) is 76.4 cm³/mol. The van der Waals surface area contributed by atoms with E-state index in [0.717, 1.165) is 18.0 Å². The van der Waals surface area contributed by atoms with Crippen LogP contribution >= 0.6 is 24.0 Å².